The van der Waals surface area contributed by atoms with Gasteiger partial charge in [0.05, 0.1) is 24.0 Å². The smallest absolute Gasteiger partial charge is 0.232 e. The summed E-state index contributed by atoms with van der Waals surface area (Å²) < 4.78 is 4.99. The van der Waals surface area contributed by atoms with Crippen molar-refractivity contribution in [1.82, 2.24) is 9.88 Å². The molecule has 7 nitrogen and oxygen atoms in total. The predicted molar refractivity (Wildman–Crippen MR) is 71.2 cm³/mol. The van der Waals surface area contributed by atoms with Crippen LogP contribution in [0.25, 0.3) is 0 Å². The zero-order valence-corrected chi connectivity index (χ0v) is 11.8. The molecule has 1 aromatic rings. The van der Waals surface area contributed by atoms with Crippen molar-refractivity contribution in [2.75, 3.05) is 31.6 Å². The van der Waals surface area contributed by atoms with Gasteiger partial charge in [-0.05, 0) is 0 Å². The maximum atomic E-state index is 11.9. The average molecular weight is 297 g/mol. The lowest BCUT2D eigenvalue weighted by Crippen LogP contribution is -2.53. The van der Waals surface area contributed by atoms with E-state index in [-0.39, 0.29) is 30.9 Å². The first-order chi connectivity index (χ1) is 9.48. The lowest BCUT2D eigenvalue weighted by molar-refractivity contribution is -0.182. The molecule has 0 spiro atoms. The second-order valence-electron chi connectivity index (χ2n) is 5.16. The topological polar surface area (TPSA) is 91.8 Å². The number of thiazole rings is 1. The van der Waals surface area contributed by atoms with Crippen LogP contribution < -0.4 is 5.32 Å². The molecule has 0 radical (unpaired) electrons. The molecule has 2 aliphatic heterocycles. The Morgan fingerprint density at radius 2 is 2.25 bits per heavy atom. The number of nitrogens with zero attached hydrogens (tertiary/aromatic N) is 2. The highest BCUT2D eigenvalue weighted by molar-refractivity contribution is 7.15. The third kappa shape index (κ3) is 2.30. The van der Waals surface area contributed by atoms with E-state index >= 15 is 0 Å². The Morgan fingerprint density at radius 3 is 2.80 bits per heavy atom. The van der Waals surface area contributed by atoms with Crippen LogP contribution in [-0.2, 0) is 19.9 Å². The lowest BCUT2D eigenvalue weighted by Gasteiger charge is -2.37. The van der Waals surface area contributed by atoms with Crippen LogP contribution in [0.3, 0.4) is 0 Å². The maximum absolute atomic E-state index is 11.9. The fraction of sp³-hybridized carbons (Fsp3) is 0.583. The molecule has 8 heteroatoms. The van der Waals surface area contributed by atoms with Crippen LogP contribution in [0.5, 0.6) is 0 Å². The minimum Gasteiger partial charge on any atom is -0.379 e. The number of hydrogen-bond donors (Lipinski definition) is 2. The monoisotopic (exact) mass is 297 g/mol. The maximum Gasteiger partial charge on any atom is 0.232 e. The number of nitrogens with one attached hydrogen (secondary N) is 1. The van der Waals surface area contributed by atoms with Gasteiger partial charge in [-0.15, -0.1) is 0 Å². The van der Waals surface area contributed by atoms with E-state index in [0.717, 1.165) is 0 Å². The van der Waals surface area contributed by atoms with E-state index in [9.17, 15) is 14.7 Å². The van der Waals surface area contributed by atoms with Gasteiger partial charge in [0, 0.05) is 26.2 Å². The number of carbonyl (C=O) groups is 2. The Morgan fingerprint density at radius 1 is 1.55 bits per heavy atom. The molecule has 2 amide bonds. The van der Waals surface area contributed by atoms with Crippen molar-refractivity contribution in [2.24, 2.45) is 5.92 Å². The first-order valence-corrected chi connectivity index (χ1v) is 7.12. The summed E-state index contributed by atoms with van der Waals surface area (Å²) in [6.07, 6.45) is 1.56. The third-order valence-electron chi connectivity index (χ3n) is 3.57. The summed E-state index contributed by atoms with van der Waals surface area (Å²) in [5.41, 5.74) is -0.956. The minimum absolute atomic E-state index is 0.0159. The van der Waals surface area contributed by atoms with Crippen molar-refractivity contribution in [3.63, 3.8) is 0 Å². The Labute approximate surface area is 119 Å². The SMILES string of the molecule is CC(=O)N1CC(C(=O)Nc2ncc(C3(O)COC3)s2)C1. The van der Waals surface area contributed by atoms with Crippen molar-refractivity contribution in [2.45, 2.75) is 12.5 Å². The summed E-state index contributed by atoms with van der Waals surface area (Å²) in [6.45, 7) is 2.93. The quantitative estimate of drug-likeness (QED) is 0.804. The van der Waals surface area contributed by atoms with Gasteiger partial charge in [-0.2, -0.15) is 0 Å². The Balaban J connectivity index is 1.56. The van der Waals surface area contributed by atoms with Gasteiger partial charge in [0.2, 0.25) is 11.8 Å². The summed E-state index contributed by atoms with van der Waals surface area (Å²) in [7, 11) is 0. The van der Waals surface area contributed by atoms with Gasteiger partial charge >= 0.3 is 0 Å². The number of likely N-dealkylation sites (tertiary alicyclic amines) is 1. The Bertz CT molecular complexity index is 549. The number of carbonyl (C=O) groups excluding carboxylic acids is 2. The summed E-state index contributed by atoms with van der Waals surface area (Å²) in [6, 6.07) is 0. The first kappa shape index (κ1) is 13.5. The normalized spacial score (nSPS) is 21.0. The lowest BCUT2D eigenvalue weighted by atomic mass is 9.99. The van der Waals surface area contributed by atoms with Gasteiger partial charge in [0.1, 0.15) is 5.60 Å². The molecule has 1 aromatic heterocycles. The number of aliphatic hydroxyl groups is 1. The number of rotatable bonds is 3. The number of anilines is 1. The standard InChI is InChI=1S/C12H15N3O4S/c1-7(16)15-3-8(4-15)10(17)14-11-13-2-9(20-11)12(18)5-19-6-12/h2,8,18H,3-6H2,1H3,(H,13,14,17). The Hall–Kier alpha value is -1.51. The largest absolute Gasteiger partial charge is 0.379 e. The minimum atomic E-state index is -0.956. The fourth-order valence-electron chi connectivity index (χ4n) is 2.09. The van der Waals surface area contributed by atoms with E-state index in [1.54, 1.807) is 11.1 Å². The molecule has 3 rings (SSSR count). The summed E-state index contributed by atoms with van der Waals surface area (Å²) in [4.78, 5) is 29.4. The van der Waals surface area contributed by atoms with E-state index in [2.05, 4.69) is 10.3 Å². The van der Waals surface area contributed by atoms with Crippen molar-refractivity contribution in [1.29, 1.82) is 0 Å². The fourth-order valence-corrected chi connectivity index (χ4v) is 2.97. The zero-order valence-electron chi connectivity index (χ0n) is 11.0. The molecule has 0 bridgehead atoms. The summed E-state index contributed by atoms with van der Waals surface area (Å²) in [5, 5.41) is 13.3. The van der Waals surface area contributed by atoms with Crippen LogP contribution in [0.1, 0.15) is 11.8 Å². The van der Waals surface area contributed by atoms with Gasteiger partial charge in [-0.1, -0.05) is 11.3 Å². The zero-order chi connectivity index (χ0) is 14.3. The van der Waals surface area contributed by atoms with Crippen LogP contribution >= 0.6 is 11.3 Å². The molecule has 0 aromatic carbocycles. The molecule has 3 heterocycles. The van der Waals surface area contributed by atoms with E-state index in [1.165, 1.54) is 18.3 Å². The summed E-state index contributed by atoms with van der Waals surface area (Å²) >= 11 is 1.25. The van der Waals surface area contributed by atoms with Crippen LogP contribution in [0.4, 0.5) is 5.13 Å². The highest BCUT2D eigenvalue weighted by Crippen LogP contribution is 2.34. The van der Waals surface area contributed by atoms with Crippen LogP contribution in [0.2, 0.25) is 0 Å². The van der Waals surface area contributed by atoms with Crippen molar-refractivity contribution in [3.05, 3.63) is 11.1 Å². The van der Waals surface area contributed by atoms with Crippen LogP contribution in [-0.4, -0.2) is 53.1 Å². The summed E-state index contributed by atoms with van der Waals surface area (Å²) in [5.74, 6) is -0.334. The number of aromatic nitrogens is 1. The molecule has 0 aliphatic carbocycles. The molecule has 0 atom stereocenters. The van der Waals surface area contributed by atoms with Gasteiger partial charge < -0.3 is 20.1 Å². The van der Waals surface area contributed by atoms with E-state index in [0.29, 0.717) is 23.1 Å². The van der Waals surface area contributed by atoms with Gasteiger partial charge in [0.25, 0.3) is 0 Å². The van der Waals surface area contributed by atoms with E-state index in [4.69, 9.17) is 4.74 Å². The molecule has 108 valence electrons. The number of amides is 2. The molecule has 2 saturated heterocycles. The first-order valence-electron chi connectivity index (χ1n) is 6.31. The van der Waals surface area contributed by atoms with E-state index < -0.39 is 5.60 Å². The van der Waals surface area contributed by atoms with Gasteiger partial charge in [-0.3, -0.25) is 9.59 Å². The number of ether oxygens (including phenoxy) is 1. The van der Waals surface area contributed by atoms with Crippen molar-refractivity contribution >= 4 is 28.3 Å². The molecule has 20 heavy (non-hydrogen) atoms. The third-order valence-corrected chi connectivity index (χ3v) is 4.68. The highest BCUT2D eigenvalue weighted by atomic mass is 32.1. The average Bonchev–Trinajstić information content (AvgIpc) is 2.71. The number of hydrogen-bond acceptors (Lipinski definition) is 6. The second kappa shape index (κ2) is 4.80. The van der Waals surface area contributed by atoms with Crippen LogP contribution in [0, 0.1) is 5.92 Å². The molecular formula is C12H15N3O4S. The molecule has 0 saturated carbocycles. The second-order valence-corrected chi connectivity index (χ2v) is 6.19. The Kier molecular flexibility index (Phi) is 3.23. The predicted octanol–water partition coefficient (Wildman–Crippen LogP) is -0.222. The van der Waals surface area contributed by atoms with Gasteiger partial charge in [0.15, 0.2) is 5.13 Å². The van der Waals surface area contributed by atoms with Gasteiger partial charge in [-0.25, -0.2) is 4.98 Å². The molecule has 2 fully saturated rings. The molecule has 0 unspecified atom stereocenters. The van der Waals surface area contributed by atoms with Crippen LogP contribution in [0.15, 0.2) is 6.20 Å². The van der Waals surface area contributed by atoms with E-state index in [1.807, 2.05) is 0 Å². The highest BCUT2D eigenvalue weighted by Gasteiger charge is 2.40. The van der Waals surface area contributed by atoms with Crippen molar-refractivity contribution < 1.29 is 19.4 Å². The molecule has 2 N–H and O–H groups in total. The van der Waals surface area contributed by atoms with Crippen molar-refractivity contribution in [3.8, 4) is 0 Å². The molecule has 2 aliphatic rings. The molecular weight excluding hydrogens is 282 g/mol.